The van der Waals surface area contributed by atoms with E-state index < -0.39 is 16.8 Å². The zero-order valence-electron chi connectivity index (χ0n) is 14.8. The normalized spacial score (nSPS) is 10.3. The first kappa shape index (κ1) is 21.2. The molecule has 0 heterocycles. The summed E-state index contributed by atoms with van der Waals surface area (Å²) in [7, 11) is 0. The molecule has 9 nitrogen and oxygen atoms in total. The van der Waals surface area contributed by atoms with Crippen molar-refractivity contribution in [2.75, 3.05) is 13.1 Å². The number of carbonyl (C=O) groups is 2. The summed E-state index contributed by atoms with van der Waals surface area (Å²) in [5.41, 5.74) is -0.0543. The average molecular weight is 367 g/mol. The van der Waals surface area contributed by atoms with Gasteiger partial charge in [0.25, 0.3) is 0 Å². The lowest BCUT2D eigenvalue weighted by molar-refractivity contribution is -0.385. The smallest absolute Gasteiger partial charge is 0.404 e. The zero-order chi connectivity index (χ0) is 19.5. The molecule has 0 radical (unpaired) electrons. The molecule has 1 rings (SSSR count). The van der Waals surface area contributed by atoms with E-state index in [1.807, 2.05) is 6.92 Å². The van der Waals surface area contributed by atoms with Crippen LogP contribution >= 0.6 is 0 Å². The highest BCUT2D eigenvalue weighted by atomic mass is 16.6. The van der Waals surface area contributed by atoms with Crippen LogP contribution < -0.4 is 5.32 Å². The Morgan fingerprint density at radius 1 is 1.27 bits per heavy atom. The van der Waals surface area contributed by atoms with E-state index in [1.165, 1.54) is 12.1 Å². The van der Waals surface area contributed by atoms with Crippen molar-refractivity contribution in [3.8, 4) is 5.75 Å². The maximum Gasteiger partial charge on any atom is 0.404 e. The topological polar surface area (TPSA) is 133 Å². The number of hydrogen-bond acceptors (Lipinski definition) is 5. The van der Waals surface area contributed by atoms with Gasteiger partial charge in [0.2, 0.25) is 5.91 Å². The minimum absolute atomic E-state index is 0.0969. The van der Waals surface area contributed by atoms with Gasteiger partial charge in [-0.15, -0.1) is 0 Å². The van der Waals surface area contributed by atoms with Crippen molar-refractivity contribution in [1.82, 2.24) is 10.2 Å². The Balaban J connectivity index is 2.71. The Labute approximate surface area is 151 Å². The number of rotatable bonds is 11. The summed E-state index contributed by atoms with van der Waals surface area (Å²) in [6.45, 7) is 2.86. The molecular formula is C17H25N3O6. The first-order valence-corrected chi connectivity index (χ1v) is 8.56. The molecule has 2 amide bonds. The number of nitrogens with one attached hydrogen (secondary N) is 1. The summed E-state index contributed by atoms with van der Waals surface area (Å²) in [5.74, 6) is -0.544. The standard InChI is InChI=1S/C17H25N3O6/c1-2-3-11-19(15(21)9-4-5-10-18-17(23)24)12-13-7-6-8-14(16(13)22)20(25)26/h6-8,18,22H,2-5,9-12H2,1H3,(H,23,24). The van der Waals surface area contributed by atoms with Crippen molar-refractivity contribution >= 4 is 17.7 Å². The minimum atomic E-state index is -1.10. The molecule has 0 saturated heterocycles. The molecule has 0 spiro atoms. The van der Waals surface area contributed by atoms with Crippen molar-refractivity contribution in [1.29, 1.82) is 0 Å². The van der Waals surface area contributed by atoms with Crippen molar-refractivity contribution in [2.24, 2.45) is 0 Å². The number of phenols is 1. The largest absolute Gasteiger partial charge is 0.502 e. The fourth-order valence-electron chi connectivity index (χ4n) is 2.45. The van der Waals surface area contributed by atoms with Gasteiger partial charge in [0.1, 0.15) is 0 Å². The number of para-hydroxylation sites is 1. The van der Waals surface area contributed by atoms with E-state index in [9.17, 15) is 24.8 Å². The molecule has 144 valence electrons. The van der Waals surface area contributed by atoms with Crippen LogP contribution in [0.4, 0.5) is 10.5 Å². The molecule has 1 aromatic carbocycles. The Morgan fingerprint density at radius 3 is 2.62 bits per heavy atom. The molecule has 0 bridgehead atoms. The van der Waals surface area contributed by atoms with Crippen molar-refractivity contribution in [3.63, 3.8) is 0 Å². The Morgan fingerprint density at radius 2 is 2.00 bits per heavy atom. The van der Waals surface area contributed by atoms with E-state index in [-0.39, 0.29) is 31.1 Å². The van der Waals surface area contributed by atoms with Crippen LogP contribution in [0.5, 0.6) is 5.75 Å². The number of phenolic OH excluding ortho intramolecular Hbond substituents is 1. The molecule has 1 aromatic rings. The monoisotopic (exact) mass is 367 g/mol. The molecule has 3 N–H and O–H groups in total. The fourth-order valence-corrected chi connectivity index (χ4v) is 2.45. The Kier molecular flexibility index (Phi) is 8.90. The lowest BCUT2D eigenvalue weighted by Gasteiger charge is -2.23. The second-order valence-electron chi connectivity index (χ2n) is 5.90. The van der Waals surface area contributed by atoms with Crippen LogP contribution in [0, 0.1) is 10.1 Å². The van der Waals surface area contributed by atoms with Crippen molar-refractivity contribution in [2.45, 2.75) is 45.6 Å². The van der Waals surface area contributed by atoms with Crippen LogP contribution in [0.25, 0.3) is 0 Å². The second kappa shape index (κ2) is 10.9. The van der Waals surface area contributed by atoms with Gasteiger partial charge in [-0.3, -0.25) is 14.9 Å². The zero-order valence-corrected chi connectivity index (χ0v) is 14.8. The molecule has 0 saturated carbocycles. The summed E-state index contributed by atoms with van der Waals surface area (Å²) in [6, 6.07) is 4.26. The number of benzene rings is 1. The SMILES string of the molecule is CCCCN(Cc1cccc([N+](=O)[O-])c1O)C(=O)CCCCNC(=O)O. The van der Waals surface area contributed by atoms with E-state index in [4.69, 9.17) is 5.11 Å². The van der Waals surface area contributed by atoms with Gasteiger partial charge in [0, 0.05) is 37.7 Å². The third-order valence-electron chi connectivity index (χ3n) is 3.88. The lowest BCUT2D eigenvalue weighted by atomic mass is 10.1. The summed E-state index contributed by atoms with van der Waals surface area (Å²) in [4.78, 5) is 34.7. The van der Waals surface area contributed by atoms with Gasteiger partial charge in [-0.1, -0.05) is 25.5 Å². The number of nitro benzene ring substituents is 1. The van der Waals surface area contributed by atoms with E-state index in [1.54, 1.807) is 11.0 Å². The number of unbranched alkanes of at least 4 members (excludes halogenated alkanes) is 2. The molecular weight excluding hydrogens is 342 g/mol. The van der Waals surface area contributed by atoms with Crippen molar-refractivity contribution in [3.05, 3.63) is 33.9 Å². The molecule has 0 aliphatic carbocycles. The predicted molar refractivity (Wildman–Crippen MR) is 95.0 cm³/mol. The van der Waals surface area contributed by atoms with E-state index in [0.717, 1.165) is 12.8 Å². The van der Waals surface area contributed by atoms with Gasteiger partial charge in [0.15, 0.2) is 5.75 Å². The number of hydrogen-bond donors (Lipinski definition) is 3. The molecule has 0 unspecified atom stereocenters. The van der Waals surface area contributed by atoms with Gasteiger partial charge < -0.3 is 20.4 Å². The van der Waals surface area contributed by atoms with Gasteiger partial charge in [-0.25, -0.2) is 4.79 Å². The molecule has 0 aromatic heterocycles. The Bertz CT molecular complexity index is 635. The highest BCUT2D eigenvalue weighted by molar-refractivity contribution is 5.76. The second-order valence-corrected chi connectivity index (χ2v) is 5.90. The molecule has 0 fully saturated rings. The van der Waals surface area contributed by atoms with Gasteiger partial charge in [-0.2, -0.15) is 0 Å². The first-order valence-electron chi connectivity index (χ1n) is 8.56. The van der Waals surface area contributed by atoms with Crippen LogP contribution in [0.15, 0.2) is 18.2 Å². The summed E-state index contributed by atoms with van der Waals surface area (Å²) < 4.78 is 0. The maximum absolute atomic E-state index is 12.5. The van der Waals surface area contributed by atoms with Gasteiger partial charge in [-0.05, 0) is 19.3 Å². The van der Waals surface area contributed by atoms with E-state index >= 15 is 0 Å². The average Bonchev–Trinajstić information content (AvgIpc) is 2.58. The number of carbonyl (C=O) groups excluding carboxylic acids is 1. The number of amides is 2. The summed E-state index contributed by atoms with van der Waals surface area (Å²) >= 11 is 0. The third-order valence-corrected chi connectivity index (χ3v) is 3.88. The van der Waals surface area contributed by atoms with Crippen LogP contribution in [-0.2, 0) is 11.3 Å². The minimum Gasteiger partial charge on any atom is -0.502 e. The van der Waals surface area contributed by atoms with E-state index in [2.05, 4.69) is 5.32 Å². The van der Waals surface area contributed by atoms with Crippen LogP contribution in [0.3, 0.4) is 0 Å². The molecule has 9 heteroatoms. The quantitative estimate of drug-likeness (QED) is 0.313. The number of aromatic hydroxyl groups is 1. The maximum atomic E-state index is 12.5. The van der Waals surface area contributed by atoms with Gasteiger partial charge >= 0.3 is 11.8 Å². The molecule has 0 atom stereocenters. The highest BCUT2D eigenvalue weighted by Gasteiger charge is 2.20. The summed E-state index contributed by atoms with van der Waals surface area (Å²) in [5, 5.41) is 31.7. The number of nitrogens with zero attached hydrogens (tertiary/aromatic N) is 2. The lowest BCUT2D eigenvalue weighted by Crippen LogP contribution is -2.31. The number of carboxylic acid groups (broad SMARTS) is 1. The Hall–Kier alpha value is -2.84. The van der Waals surface area contributed by atoms with Crippen LogP contribution in [0.2, 0.25) is 0 Å². The number of nitro groups is 1. The fraction of sp³-hybridized carbons (Fsp3) is 0.529. The van der Waals surface area contributed by atoms with Crippen molar-refractivity contribution < 1.29 is 24.7 Å². The third kappa shape index (κ3) is 6.96. The molecule has 26 heavy (non-hydrogen) atoms. The summed E-state index contributed by atoms with van der Waals surface area (Å²) in [6.07, 6.45) is 1.89. The van der Waals surface area contributed by atoms with Crippen LogP contribution in [-0.4, -0.2) is 45.1 Å². The van der Waals surface area contributed by atoms with Crippen LogP contribution in [0.1, 0.15) is 44.6 Å². The highest BCUT2D eigenvalue weighted by Crippen LogP contribution is 2.30. The molecule has 0 aliphatic heterocycles. The predicted octanol–water partition coefficient (Wildman–Crippen LogP) is 2.87. The van der Waals surface area contributed by atoms with Gasteiger partial charge in [0.05, 0.1) is 4.92 Å². The van der Waals surface area contributed by atoms with E-state index in [0.29, 0.717) is 24.9 Å². The molecule has 0 aliphatic rings. The first-order chi connectivity index (χ1) is 12.4.